The minimum Gasteiger partial charge on any atom is -0.393 e. The van der Waals surface area contributed by atoms with Gasteiger partial charge in [-0.2, -0.15) is 0 Å². The monoisotopic (exact) mass is 202 g/mol. The molecule has 2 unspecified atom stereocenters. The second-order valence-electron chi connectivity index (χ2n) is 4.53. The highest BCUT2D eigenvalue weighted by molar-refractivity contribution is 4.89. The second kappa shape index (κ2) is 5.07. The lowest BCUT2D eigenvalue weighted by atomic mass is 10.0. The lowest BCUT2D eigenvalue weighted by molar-refractivity contribution is 0.0249. The predicted octanol–water partition coefficient (Wildman–Crippen LogP) is -0.586. The normalized spacial score (nSPS) is 29.8. The van der Waals surface area contributed by atoms with Crippen molar-refractivity contribution in [1.29, 1.82) is 0 Å². The van der Waals surface area contributed by atoms with E-state index in [9.17, 15) is 5.11 Å². The lowest BCUT2D eigenvalue weighted by Gasteiger charge is -2.28. The van der Waals surface area contributed by atoms with Gasteiger partial charge in [-0.1, -0.05) is 0 Å². The van der Waals surface area contributed by atoms with Crippen molar-refractivity contribution in [2.24, 2.45) is 0 Å². The van der Waals surface area contributed by atoms with Crippen LogP contribution in [-0.4, -0.2) is 60.0 Å². The van der Waals surface area contributed by atoms with Crippen molar-refractivity contribution in [3.63, 3.8) is 0 Å². The van der Waals surface area contributed by atoms with Gasteiger partial charge in [-0.15, -0.1) is 0 Å². The number of aliphatic hydroxyl groups is 2. The zero-order chi connectivity index (χ0) is 10.6. The van der Waals surface area contributed by atoms with Crippen LogP contribution in [0.25, 0.3) is 0 Å². The summed E-state index contributed by atoms with van der Waals surface area (Å²) in [6.45, 7) is 4.90. The summed E-state index contributed by atoms with van der Waals surface area (Å²) in [6, 6.07) is 0. The SMILES string of the molecule is CC(O)CCN(C)CC1(O)CCNC1. The molecule has 1 aliphatic rings. The summed E-state index contributed by atoms with van der Waals surface area (Å²) in [5.41, 5.74) is -0.562. The number of hydrogen-bond donors (Lipinski definition) is 3. The third-order valence-corrected chi connectivity index (χ3v) is 2.71. The van der Waals surface area contributed by atoms with Crippen LogP contribution < -0.4 is 5.32 Å². The lowest BCUT2D eigenvalue weighted by Crippen LogP contribution is -2.43. The Bertz CT molecular complexity index is 168. The summed E-state index contributed by atoms with van der Waals surface area (Å²) >= 11 is 0. The topological polar surface area (TPSA) is 55.7 Å². The van der Waals surface area contributed by atoms with Crippen molar-refractivity contribution in [2.45, 2.75) is 31.5 Å². The summed E-state index contributed by atoms with van der Waals surface area (Å²) in [5, 5.41) is 22.3. The van der Waals surface area contributed by atoms with Gasteiger partial charge in [0.15, 0.2) is 0 Å². The Hall–Kier alpha value is -0.160. The minimum absolute atomic E-state index is 0.256. The average Bonchev–Trinajstić information content (AvgIpc) is 2.48. The molecule has 1 heterocycles. The first-order chi connectivity index (χ1) is 6.52. The number of likely N-dealkylation sites (N-methyl/N-ethyl adjacent to an activating group) is 1. The highest BCUT2D eigenvalue weighted by Crippen LogP contribution is 2.15. The highest BCUT2D eigenvalue weighted by atomic mass is 16.3. The minimum atomic E-state index is -0.562. The molecular weight excluding hydrogens is 180 g/mol. The molecule has 4 heteroatoms. The number of rotatable bonds is 5. The molecule has 0 aromatic carbocycles. The van der Waals surface area contributed by atoms with Crippen LogP contribution in [0.1, 0.15) is 19.8 Å². The Balaban J connectivity index is 2.21. The van der Waals surface area contributed by atoms with Crippen LogP contribution in [0.4, 0.5) is 0 Å². The van der Waals surface area contributed by atoms with Crippen molar-refractivity contribution >= 4 is 0 Å². The van der Waals surface area contributed by atoms with Crippen LogP contribution in [0.5, 0.6) is 0 Å². The van der Waals surface area contributed by atoms with Gasteiger partial charge < -0.3 is 20.4 Å². The summed E-state index contributed by atoms with van der Waals surface area (Å²) in [7, 11) is 1.98. The Morgan fingerprint density at radius 2 is 2.29 bits per heavy atom. The first-order valence-electron chi connectivity index (χ1n) is 5.31. The fraction of sp³-hybridized carbons (Fsp3) is 1.00. The van der Waals surface area contributed by atoms with Gasteiger partial charge in [-0.05, 0) is 33.4 Å². The number of nitrogens with one attached hydrogen (secondary N) is 1. The van der Waals surface area contributed by atoms with Crippen LogP contribution in [0.15, 0.2) is 0 Å². The summed E-state index contributed by atoms with van der Waals surface area (Å²) in [6.07, 6.45) is 1.33. The Kier molecular flexibility index (Phi) is 4.31. The van der Waals surface area contributed by atoms with Crippen molar-refractivity contribution in [3.8, 4) is 0 Å². The molecule has 0 aromatic heterocycles. The smallest absolute Gasteiger partial charge is 0.0909 e. The van der Waals surface area contributed by atoms with E-state index < -0.39 is 5.60 Å². The summed E-state index contributed by atoms with van der Waals surface area (Å²) in [4.78, 5) is 2.08. The maximum Gasteiger partial charge on any atom is 0.0909 e. The Morgan fingerprint density at radius 3 is 2.79 bits per heavy atom. The molecule has 84 valence electrons. The molecule has 0 amide bonds. The molecule has 1 fully saturated rings. The van der Waals surface area contributed by atoms with Crippen molar-refractivity contribution in [2.75, 3.05) is 33.2 Å². The zero-order valence-corrected chi connectivity index (χ0v) is 9.16. The maximum atomic E-state index is 10.1. The van der Waals surface area contributed by atoms with E-state index in [1.165, 1.54) is 0 Å². The van der Waals surface area contributed by atoms with E-state index in [-0.39, 0.29) is 6.10 Å². The number of hydrogen-bond acceptors (Lipinski definition) is 4. The van der Waals surface area contributed by atoms with E-state index in [2.05, 4.69) is 10.2 Å². The average molecular weight is 202 g/mol. The summed E-state index contributed by atoms with van der Waals surface area (Å²) in [5.74, 6) is 0. The Labute approximate surface area is 85.9 Å². The first kappa shape index (κ1) is 11.9. The molecule has 0 saturated carbocycles. The molecule has 1 saturated heterocycles. The molecule has 0 aromatic rings. The van der Waals surface area contributed by atoms with Gasteiger partial charge in [0.05, 0.1) is 11.7 Å². The molecule has 3 N–H and O–H groups in total. The number of β-amino-alcohol motifs (C(OH)–C–C–N with tert-alkyl or cyclic N) is 1. The van der Waals surface area contributed by atoms with Gasteiger partial charge in [-0.25, -0.2) is 0 Å². The van der Waals surface area contributed by atoms with Gasteiger partial charge >= 0.3 is 0 Å². The molecule has 14 heavy (non-hydrogen) atoms. The first-order valence-corrected chi connectivity index (χ1v) is 5.31. The van der Waals surface area contributed by atoms with Gasteiger partial charge in [0, 0.05) is 19.6 Å². The molecule has 1 aliphatic heterocycles. The van der Waals surface area contributed by atoms with Crippen molar-refractivity contribution in [1.82, 2.24) is 10.2 Å². The van der Waals surface area contributed by atoms with E-state index in [1.807, 2.05) is 7.05 Å². The second-order valence-corrected chi connectivity index (χ2v) is 4.53. The Morgan fingerprint density at radius 1 is 1.57 bits per heavy atom. The number of aliphatic hydroxyl groups excluding tert-OH is 1. The van der Waals surface area contributed by atoms with Crippen LogP contribution in [-0.2, 0) is 0 Å². The molecular formula is C10H22N2O2. The fourth-order valence-electron chi connectivity index (χ4n) is 1.85. The molecule has 0 bridgehead atoms. The largest absolute Gasteiger partial charge is 0.393 e. The predicted molar refractivity (Wildman–Crippen MR) is 56.2 cm³/mol. The van der Waals surface area contributed by atoms with Gasteiger partial charge in [0.2, 0.25) is 0 Å². The van der Waals surface area contributed by atoms with Gasteiger partial charge in [0.1, 0.15) is 0 Å². The molecule has 0 radical (unpaired) electrons. The standard InChI is InChI=1S/C10H22N2O2/c1-9(13)3-6-12(2)8-10(14)4-5-11-7-10/h9,11,13-14H,3-8H2,1-2H3. The third kappa shape index (κ3) is 3.92. The summed E-state index contributed by atoms with van der Waals surface area (Å²) < 4.78 is 0. The van der Waals surface area contributed by atoms with Crippen molar-refractivity contribution < 1.29 is 10.2 Å². The van der Waals surface area contributed by atoms with Crippen LogP contribution >= 0.6 is 0 Å². The number of nitrogens with zero attached hydrogens (tertiary/aromatic N) is 1. The van der Waals surface area contributed by atoms with E-state index in [1.54, 1.807) is 6.92 Å². The van der Waals surface area contributed by atoms with E-state index >= 15 is 0 Å². The maximum absolute atomic E-state index is 10.1. The zero-order valence-electron chi connectivity index (χ0n) is 9.16. The molecule has 4 nitrogen and oxygen atoms in total. The van der Waals surface area contributed by atoms with Gasteiger partial charge in [-0.3, -0.25) is 0 Å². The fourth-order valence-corrected chi connectivity index (χ4v) is 1.85. The van der Waals surface area contributed by atoms with E-state index in [4.69, 9.17) is 5.11 Å². The van der Waals surface area contributed by atoms with E-state index in [0.29, 0.717) is 13.1 Å². The third-order valence-electron chi connectivity index (χ3n) is 2.71. The van der Waals surface area contributed by atoms with E-state index in [0.717, 1.165) is 25.9 Å². The van der Waals surface area contributed by atoms with Crippen LogP contribution in [0.2, 0.25) is 0 Å². The van der Waals surface area contributed by atoms with Gasteiger partial charge in [0.25, 0.3) is 0 Å². The molecule has 0 aliphatic carbocycles. The quantitative estimate of drug-likeness (QED) is 0.558. The van der Waals surface area contributed by atoms with Crippen molar-refractivity contribution in [3.05, 3.63) is 0 Å². The molecule has 1 rings (SSSR count). The molecule has 2 atom stereocenters. The molecule has 0 spiro atoms. The van der Waals surface area contributed by atoms with Crippen LogP contribution in [0.3, 0.4) is 0 Å². The van der Waals surface area contributed by atoms with Crippen LogP contribution in [0, 0.1) is 0 Å². The highest BCUT2D eigenvalue weighted by Gasteiger charge is 2.31.